The minimum absolute atomic E-state index is 0.156. The van der Waals surface area contributed by atoms with Gasteiger partial charge in [0.2, 0.25) is 5.91 Å². The summed E-state index contributed by atoms with van der Waals surface area (Å²) in [4.78, 5) is 22.8. The van der Waals surface area contributed by atoms with Crippen molar-refractivity contribution in [3.63, 3.8) is 0 Å². The number of carbonyl (C=O) groups excluding carboxylic acids is 2. The molecule has 2 amide bonds. The van der Waals surface area contributed by atoms with Crippen molar-refractivity contribution in [3.05, 3.63) is 52.9 Å². The summed E-state index contributed by atoms with van der Waals surface area (Å²) in [6.07, 6.45) is 0. The average molecular weight is 293 g/mol. The fourth-order valence-electron chi connectivity index (χ4n) is 1.62. The Kier molecular flexibility index (Phi) is 4.42. The first kappa shape index (κ1) is 14.1. The maximum atomic E-state index is 11.9. The number of benzene rings is 1. The van der Waals surface area contributed by atoms with Crippen molar-refractivity contribution in [2.24, 2.45) is 0 Å². The van der Waals surface area contributed by atoms with E-state index in [-0.39, 0.29) is 23.6 Å². The molecule has 0 saturated heterocycles. The van der Waals surface area contributed by atoms with Gasteiger partial charge in [0, 0.05) is 18.2 Å². The molecule has 6 heteroatoms. The van der Waals surface area contributed by atoms with Crippen LogP contribution in [0.25, 0.3) is 0 Å². The lowest BCUT2D eigenvalue weighted by Crippen LogP contribution is -2.22. The Morgan fingerprint density at radius 3 is 2.40 bits per heavy atom. The Morgan fingerprint density at radius 1 is 1.15 bits per heavy atom. The molecule has 1 aromatic carbocycles. The van der Waals surface area contributed by atoms with Gasteiger partial charge in [-0.05, 0) is 48.0 Å². The molecule has 1 aromatic heterocycles. The lowest BCUT2D eigenvalue weighted by atomic mass is 10.2. The molecule has 0 radical (unpaired) electrons. The fourth-order valence-corrected chi connectivity index (χ4v) is 1.79. The van der Waals surface area contributed by atoms with Crippen LogP contribution in [0.3, 0.4) is 0 Å². The highest BCUT2D eigenvalue weighted by atomic mass is 35.5. The summed E-state index contributed by atoms with van der Waals surface area (Å²) in [6.45, 7) is 1.69. The van der Waals surface area contributed by atoms with Gasteiger partial charge in [0.1, 0.15) is 5.76 Å². The van der Waals surface area contributed by atoms with Gasteiger partial charge in [0.05, 0.1) is 6.54 Å². The number of anilines is 1. The Labute approximate surface area is 120 Å². The average Bonchev–Trinajstić information content (AvgIpc) is 2.82. The Balaban J connectivity index is 1.93. The zero-order valence-corrected chi connectivity index (χ0v) is 11.5. The van der Waals surface area contributed by atoms with E-state index in [0.717, 1.165) is 0 Å². The number of furan rings is 1. The normalized spacial score (nSPS) is 10.1. The van der Waals surface area contributed by atoms with Crippen molar-refractivity contribution in [3.8, 4) is 0 Å². The van der Waals surface area contributed by atoms with Gasteiger partial charge < -0.3 is 15.1 Å². The number of hydrogen-bond donors (Lipinski definition) is 2. The van der Waals surface area contributed by atoms with Gasteiger partial charge in [-0.25, -0.2) is 0 Å². The van der Waals surface area contributed by atoms with Crippen LogP contribution in [0.2, 0.25) is 5.22 Å². The maximum absolute atomic E-state index is 11.9. The minimum atomic E-state index is -0.230. The lowest BCUT2D eigenvalue weighted by molar-refractivity contribution is -0.114. The SMILES string of the molecule is CC(=O)Nc1ccc(C(=O)NCc2ccc(Cl)o2)cc1. The van der Waals surface area contributed by atoms with Crippen molar-refractivity contribution in [2.75, 3.05) is 5.32 Å². The highest BCUT2D eigenvalue weighted by Gasteiger charge is 2.07. The second-order valence-electron chi connectivity index (χ2n) is 4.15. The summed E-state index contributed by atoms with van der Waals surface area (Å²) in [5.41, 5.74) is 1.14. The van der Waals surface area contributed by atoms with E-state index in [9.17, 15) is 9.59 Å². The van der Waals surface area contributed by atoms with E-state index in [1.165, 1.54) is 6.92 Å². The molecule has 0 saturated carbocycles. The summed E-state index contributed by atoms with van der Waals surface area (Å²) in [7, 11) is 0. The first-order chi connectivity index (χ1) is 9.54. The second kappa shape index (κ2) is 6.25. The molecule has 0 aliphatic heterocycles. The van der Waals surface area contributed by atoms with E-state index in [1.54, 1.807) is 36.4 Å². The van der Waals surface area contributed by atoms with Crippen LogP contribution in [0.5, 0.6) is 0 Å². The van der Waals surface area contributed by atoms with Crippen LogP contribution < -0.4 is 10.6 Å². The third kappa shape index (κ3) is 3.86. The van der Waals surface area contributed by atoms with Crippen LogP contribution in [0, 0.1) is 0 Å². The number of rotatable bonds is 4. The van der Waals surface area contributed by atoms with Gasteiger partial charge in [-0.3, -0.25) is 9.59 Å². The van der Waals surface area contributed by atoms with Crippen molar-refractivity contribution in [1.82, 2.24) is 5.32 Å². The molecule has 0 atom stereocenters. The van der Waals surface area contributed by atoms with Gasteiger partial charge in [-0.2, -0.15) is 0 Å². The van der Waals surface area contributed by atoms with Gasteiger partial charge in [-0.1, -0.05) is 0 Å². The summed E-state index contributed by atoms with van der Waals surface area (Å²) in [6, 6.07) is 9.92. The molecular formula is C14H13ClN2O3. The number of nitrogens with one attached hydrogen (secondary N) is 2. The number of halogens is 1. The third-order valence-corrected chi connectivity index (χ3v) is 2.72. The van der Waals surface area contributed by atoms with Gasteiger partial charge in [0.25, 0.3) is 5.91 Å². The van der Waals surface area contributed by atoms with Crippen LogP contribution in [0.1, 0.15) is 23.0 Å². The Bertz CT molecular complexity index is 620. The summed E-state index contributed by atoms with van der Waals surface area (Å²) < 4.78 is 5.14. The zero-order chi connectivity index (χ0) is 14.5. The fraction of sp³-hybridized carbons (Fsp3) is 0.143. The second-order valence-corrected chi connectivity index (χ2v) is 4.52. The number of carbonyl (C=O) groups is 2. The summed E-state index contributed by atoms with van der Waals surface area (Å²) >= 11 is 5.64. The van der Waals surface area contributed by atoms with E-state index in [2.05, 4.69) is 10.6 Å². The van der Waals surface area contributed by atoms with E-state index in [4.69, 9.17) is 16.0 Å². The van der Waals surface area contributed by atoms with E-state index in [0.29, 0.717) is 17.0 Å². The van der Waals surface area contributed by atoms with Crippen LogP contribution in [0.4, 0.5) is 5.69 Å². The molecule has 5 nitrogen and oxygen atoms in total. The van der Waals surface area contributed by atoms with E-state index in [1.807, 2.05) is 0 Å². The van der Waals surface area contributed by atoms with Crippen molar-refractivity contribution in [1.29, 1.82) is 0 Å². The van der Waals surface area contributed by atoms with Crippen molar-refractivity contribution in [2.45, 2.75) is 13.5 Å². The van der Waals surface area contributed by atoms with E-state index >= 15 is 0 Å². The highest BCUT2D eigenvalue weighted by molar-refractivity contribution is 6.28. The van der Waals surface area contributed by atoms with Crippen molar-refractivity contribution < 1.29 is 14.0 Å². The highest BCUT2D eigenvalue weighted by Crippen LogP contribution is 2.13. The molecule has 104 valence electrons. The van der Waals surface area contributed by atoms with Crippen LogP contribution >= 0.6 is 11.6 Å². The topological polar surface area (TPSA) is 71.3 Å². The molecule has 0 aliphatic carbocycles. The number of hydrogen-bond acceptors (Lipinski definition) is 3. The predicted octanol–water partition coefficient (Wildman–Crippen LogP) is 2.82. The van der Waals surface area contributed by atoms with Gasteiger partial charge in [0.15, 0.2) is 5.22 Å². The molecule has 0 aliphatic rings. The van der Waals surface area contributed by atoms with Crippen molar-refractivity contribution >= 4 is 29.1 Å². The van der Waals surface area contributed by atoms with Gasteiger partial charge in [-0.15, -0.1) is 0 Å². The molecule has 0 bridgehead atoms. The Hall–Kier alpha value is -2.27. The number of amides is 2. The smallest absolute Gasteiger partial charge is 0.251 e. The first-order valence-electron chi connectivity index (χ1n) is 5.94. The standard InChI is InChI=1S/C14H13ClN2O3/c1-9(18)17-11-4-2-10(3-5-11)14(19)16-8-12-6-7-13(15)20-12/h2-7H,8H2,1H3,(H,16,19)(H,17,18). The molecule has 2 N–H and O–H groups in total. The van der Waals surface area contributed by atoms with Crippen LogP contribution in [-0.2, 0) is 11.3 Å². The minimum Gasteiger partial charge on any atom is -0.448 e. The molecule has 2 aromatic rings. The predicted molar refractivity (Wildman–Crippen MR) is 75.6 cm³/mol. The van der Waals surface area contributed by atoms with Gasteiger partial charge >= 0.3 is 0 Å². The molecule has 0 unspecified atom stereocenters. The maximum Gasteiger partial charge on any atom is 0.251 e. The quantitative estimate of drug-likeness (QED) is 0.910. The molecule has 20 heavy (non-hydrogen) atoms. The molecule has 1 heterocycles. The molecular weight excluding hydrogens is 280 g/mol. The Morgan fingerprint density at radius 2 is 1.85 bits per heavy atom. The largest absolute Gasteiger partial charge is 0.448 e. The summed E-state index contributed by atoms with van der Waals surface area (Å²) in [5, 5.41) is 5.63. The first-order valence-corrected chi connectivity index (χ1v) is 6.32. The summed E-state index contributed by atoms with van der Waals surface area (Å²) in [5.74, 6) is 0.196. The molecule has 2 rings (SSSR count). The monoisotopic (exact) mass is 292 g/mol. The molecule has 0 fully saturated rings. The third-order valence-electron chi connectivity index (χ3n) is 2.52. The van der Waals surface area contributed by atoms with Crippen LogP contribution in [0.15, 0.2) is 40.8 Å². The van der Waals surface area contributed by atoms with E-state index < -0.39 is 0 Å². The van der Waals surface area contributed by atoms with Crippen LogP contribution in [-0.4, -0.2) is 11.8 Å². The lowest BCUT2D eigenvalue weighted by Gasteiger charge is -2.05. The zero-order valence-electron chi connectivity index (χ0n) is 10.8. The molecule has 0 spiro atoms.